The number of nitrogens with zero attached hydrogens (tertiary/aromatic N) is 3. The number of nitrogens with two attached hydrogens (primary N) is 1. The maximum atomic E-state index is 12.0. The smallest absolute Gasteiger partial charge is 0.364 e. The van der Waals surface area contributed by atoms with Crippen molar-refractivity contribution in [2.24, 2.45) is 11.1 Å². The van der Waals surface area contributed by atoms with Crippen LogP contribution in [0.25, 0.3) is 0 Å². The van der Waals surface area contributed by atoms with Crippen LogP contribution in [0.4, 0.5) is 13.2 Å². The normalized spacial score (nSPS) is 13.2. The van der Waals surface area contributed by atoms with E-state index in [4.69, 9.17) is 5.14 Å². The Balaban J connectivity index is 2.93. The zero-order valence-electron chi connectivity index (χ0n) is 10.9. The van der Waals surface area contributed by atoms with Crippen molar-refractivity contribution < 1.29 is 26.3 Å². The van der Waals surface area contributed by atoms with Crippen LogP contribution in [0.1, 0.15) is 19.7 Å². The van der Waals surface area contributed by atoms with E-state index in [2.05, 4.69) is 14.9 Å². The van der Waals surface area contributed by atoms with Gasteiger partial charge in [0.1, 0.15) is 13.2 Å². The van der Waals surface area contributed by atoms with E-state index in [9.17, 15) is 21.6 Å². The molecule has 0 radical (unpaired) electrons. The molecule has 0 spiro atoms. The topological polar surface area (TPSA) is 100 Å². The predicted octanol–water partition coefficient (Wildman–Crippen LogP) is 0.660. The van der Waals surface area contributed by atoms with Crippen LogP contribution < -0.4 is 5.14 Å². The SMILES string of the molecule is CC(C)Cn1c(COCC(F)(F)F)nnc1S(N)(=O)=O. The van der Waals surface area contributed by atoms with Gasteiger partial charge in [0.15, 0.2) is 5.82 Å². The Labute approximate surface area is 114 Å². The number of alkyl halides is 3. The van der Waals surface area contributed by atoms with Gasteiger partial charge in [0.25, 0.3) is 15.2 Å². The molecule has 1 aromatic heterocycles. The lowest BCUT2D eigenvalue weighted by atomic mass is 10.2. The highest BCUT2D eigenvalue weighted by Gasteiger charge is 2.28. The summed E-state index contributed by atoms with van der Waals surface area (Å²) in [7, 11) is -4.10. The fourth-order valence-corrected chi connectivity index (χ4v) is 2.08. The molecular formula is C9H15F3N4O3S. The first-order valence-corrected chi connectivity index (χ1v) is 7.14. The average Bonchev–Trinajstić information content (AvgIpc) is 2.58. The van der Waals surface area contributed by atoms with Gasteiger partial charge in [-0.25, -0.2) is 13.6 Å². The third kappa shape index (κ3) is 5.06. The maximum Gasteiger partial charge on any atom is 0.411 e. The molecular weight excluding hydrogens is 301 g/mol. The first-order valence-electron chi connectivity index (χ1n) is 5.60. The Morgan fingerprint density at radius 1 is 1.35 bits per heavy atom. The molecule has 1 heterocycles. The third-order valence-corrected chi connectivity index (χ3v) is 2.90. The molecule has 0 aliphatic heterocycles. The molecule has 0 amide bonds. The molecule has 0 saturated carbocycles. The van der Waals surface area contributed by atoms with Gasteiger partial charge in [0.2, 0.25) is 0 Å². The highest BCUT2D eigenvalue weighted by molar-refractivity contribution is 7.89. The van der Waals surface area contributed by atoms with Gasteiger partial charge in [-0.15, -0.1) is 10.2 Å². The standard InChI is InChI=1S/C9H15F3N4O3S/c1-6(2)3-16-7(4-19-5-9(10,11)12)14-15-8(16)20(13,17)18/h6H,3-5H2,1-2H3,(H2,13,17,18). The van der Waals surface area contributed by atoms with Gasteiger partial charge < -0.3 is 4.74 Å². The summed E-state index contributed by atoms with van der Waals surface area (Å²) in [6.07, 6.45) is -4.47. The van der Waals surface area contributed by atoms with E-state index in [0.29, 0.717) is 0 Å². The van der Waals surface area contributed by atoms with Crippen LogP contribution in [0, 0.1) is 5.92 Å². The Bertz CT molecular complexity index is 553. The molecule has 0 aliphatic carbocycles. The Morgan fingerprint density at radius 2 is 1.95 bits per heavy atom. The third-order valence-electron chi connectivity index (χ3n) is 2.09. The number of halogens is 3. The largest absolute Gasteiger partial charge is 0.411 e. The number of primary sulfonamides is 1. The van der Waals surface area contributed by atoms with Crippen molar-refractivity contribution in [3.63, 3.8) is 0 Å². The molecule has 0 saturated heterocycles. The molecule has 1 aromatic rings. The van der Waals surface area contributed by atoms with Crippen molar-refractivity contribution in [3.05, 3.63) is 5.82 Å². The minimum Gasteiger partial charge on any atom is -0.364 e. The minimum atomic E-state index is -4.47. The Kier molecular flexibility index (Phi) is 5.10. The minimum absolute atomic E-state index is 0.0212. The first-order chi connectivity index (χ1) is 9.00. The summed E-state index contributed by atoms with van der Waals surface area (Å²) < 4.78 is 64.2. The summed E-state index contributed by atoms with van der Waals surface area (Å²) in [5.41, 5.74) is 0. The molecule has 0 aromatic carbocycles. The summed E-state index contributed by atoms with van der Waals surface area (Å²) in [4.78, 5) is 0. The van der Waals surface area contributed by atoms with Crippen LogP contribution in [0.3, 0.4) is 0 Å². The van der Waals surface area contributed by atoms with E-state index < -0.39 is 34.6 Å². The lowest BCUT2D eigenvalue weighted by Gasteiger charge is -2.12. The summed E-state index contributed by atoms with van der Waals surface area (Å²) in [5, 5.41) is 11.4. The number of sulfonamides is 1. The number of hydrogen-bond acceptors (Lipinski definition) is 5. The van der Waals surface area contributed by atoms with E-state index in [1.165, 1.54) is 0 Å². The van der Waals surface area contributed by atoms with Crippen molar-refractivity contribution in [1.82, 2.24) is 14.8 Å². The molecule has 7 nitrogen and oxygen atoms in total. The van der Waals surface area contributed by atoms with E-state index in [0.717, 1.165) is 4.57 Å². The van der Waals surface area contributed by atoms with Crippen molar-refractivity contribution in [1.29, 1.82) is 0 Å². The molecule has 0 aliphatic rings. The van der Waals surface area contributed by atoms with Crippen LogP contribution in [-0.4, -0.2) is 36.0 Å². The Morgan fingerprint density at radius 3 is 2.40 bits per heavy atom. The number of hydrogen-bond donors (Lipinski definition) is 1. The van der Waals surface area contributed by atoms with Gasteiger partial charge in [0.05, 0.1) is 0 Å². The van der Waals surface area contributed by atoms with Crippen molar-refractivity contribution in [2.45, 2.75) is 38.3 Å². The van der Waals surface area contributed by atoms with E-state index in [-0.39, 0.29) is 18.3 Å². The molecule has 0 fully saturated rings. The monoisotopic (exact) mass is 316 g/mol. The highest BCUT2D eigenvalue weighted by Crippen LogP contribution is 2.16. The van der Waals surface area contributed by atoms with Crippen molar-refractivity contribution in [3.8, 4) is 0 Å². The second kappa shape index (κ2) is 6.06. The summed E-state index contributed by atoms with van der Waals surface area (Å²) in [6.45, 7) is 1.84. The fourth-order valence-electron chi connectivity index (χ4n) is 1.44. The molecule has 0 unspecified atom stereocenters. The second-order valence-electron chi connectivity index (χ2n) is 4.56. The van der Waals surface area contributed by atoms with E-state index in [1.807, 2.05) is 0 Å². The van der Waals surface area contributed by atoms with Gasteiger partial charge in [-0.1, -0.05) is 13.8 Å². The molecule has 11 heteroatoms. The summed E-state index contributed by atoms with van der Waals surface area (Å²) in [5.74, 6) is -0.000147. The van der Waals surface area contributed by atoms with Crippen molar-refractivity contribution in [2.75, 3.05) is 6.61 Å². The quantitative estimate of drug-likeness (QED) is 0.831. The fraction of sp³-hybridized carbons (Fsp3) is 0.778. The number of rotatable bonds is 6. The molecule has 0 bridgehead atoms. The summed E-state index contributed by atoms with van der Waals surface area (Å²) >= 11 is 0. The first kappa shape index (κ1) is 16.9. The van der Waals surface area contributed by atoms with Crippen LogP contribution >= 0.6 is 0 Å². The average molecular weight is 316 g/mol. The number of aromatic nitrogens is 3. The van der Waals surface area contributed by atoms with Gasteiger partial charge in [-0.05, 0) is 5.92 Å². The molecule has 2 N–H and O–H groups in total. The zero-order valence-corrected chi connectivity index (χ0v) is 11.7. The Hall–Kier alpha value is -1.20. The van der Waals surface area contributed by atoms with Gasteiger partial charge in [-0.3, -0.25) is 4.57 Å². The predicted molar refractivity (Wildman–Crippen MR) is 61.9 cm³/mol. The van der Waals surface area contributed by atoms with Crippen molar-refractivity contribution >= 4 is 10.0 Å². The van der Waals surface area contributed by atoms with Crippen LogP contribution in [0.15, 0.2) is 5.16 Å². The van der Waals surface area contributed by atoms with Gasteiger partial charge in [-0.2, -0.15) is 13.2 Å². The van der Waals surface area contributed by atoms with Gasteiger partial charge in [0, 0.05) is 6.54 Å². The van der Waals surface area contributed by atoms with E-state index >= 15 is 0 Å². The molecule has 116 valence electrons. The maximum absolute atomic E-state index is 12.0. The lowest BCUT2D eigenvalue weighted by Crippen LogP contribution is -2.22. The van der Waals surface area contributed by atoms with E-state index in [1.54, 1.807) is 13.8 Å². The zero-order chi connectivity index (χ0) is 15.6. The second-order valence-corrected chi connectivity index (χ2v) is 6.01. The molecule has 0 atom stereocenters. The molecule has 1 rings (SSSR count). The molecule has 20 heavy (non-hydrogen) atoms. The summed E-state index contributed by atoms with van der Waals surface area (Å²) in [6, 6.07) is 0. The highest BCUT2D eigenvalue weighted by atomic mass is 32.2. The van der Waals surface area contributed by atoms with Crippen LogP contribution in [-0.2, 0) is 27.9 Å². The van der Waals surface area contributed by atoms with Crippen LogP contribution in [0.2, 0.25) is 0 Å². The van der Waals surface area contributed by atoms with Crippen LogP contribution in [0.5, 0.6) is 0 Å². The number of ether oxygens (including phenoxy) is 1. The van der Waals surface area contributed by atoms with Gasteiger partial charge >= 0.3 is 6.18 Å². The lowest BCUT2D eigenvalue weighted by molar-refractivity contribution is -0.177.